The fourth-order valence-corrected chi connectivity index (χ4v) is 4.40. The van der Waals surface area contributed by atoms with Gasteiger partial charge in [-0.25, -0.2) is 4.39 Å². The number of aliphatic imine (C=N–C) groups is 1. The van der Waals surface area contributed by atoms with E-state index in [4.69, 9.17) is 23.2 Å². The average molecular weight is 527 g/mol. The van der Waals surface area contributed by atoms with E-state index in [-0.39, 0.29) is 29.0 Å². The zero-order valence-electron chi connectivity index (χ0n) is 19.3. The summed E-state index contributed by atoms with van der Waals surface area (Å²) in [7, 11) is 0. The summed E-state index contributed by atoms with van der Waals surface area (Å²) in [5.74, 6) is -0.892. The van der Waals surface area contributed by atoms with Crippen LogP contribution < -0.4 is 16.0 Å². The van der Waals surface area contributed by atoms with E-state index in [1.165, 1.54) is 12.1 Å². The summed E-state index contributed by atoms with van der Waals surface area (Å²) >= 11 is 11.9. The predicted molar refractivity (Wildman–Crippen MR) is 141 cm³/mol. The highest BCUT2D eigenvalue weighted by atomic mass is 35.5. The number of guanidine groups is 1. The fraction of sp³-hybridized carbons (Fsp3) is 0.222. The Bertz CT molecular complexity index is 1220. The molecular weight excluding hydrogens is 502 g/mol. The van der Waals surface area contributed by atoms with E-state index in [9.17, 15) is 14.0 Å². The molecule has 0 aromatic heterocycles. The summed E-state index contributed by atoms with van der Waals surface area (Å²) in [5.41, 5.74) is 1.36. The molecule has 3 N–H and O–H groups in total. The first kappa shape index (κ1) is 25.7. The standard InChI is InChI=1S/C27H25Cl2FN4O2/c28-19-8-6-18(7-9-19)26(36)34-27(33-24-15-20(29)14-21(30)16-24)32-23-12-10-22(11-13-23)31-25(35)17-4-2-1-3-5-17/h1-9,14-16,22-23H,10-13H2,(H,31,35)(H2,32,33,34,36). The van der Waals surface area contributed by atoms with Gasteiger partial charge in [0.1, 0.15) is 5.82 Å². The fourth-order valence-electron chi connectivity index (χ4n) is 4.05. The molecule has 0 saturated heterocycles. The number of amides is 2. The summed E-state index contributed by atoms with van der Waals surface area (Å²) in [6.07, 6.45) is 3.03. The summed E-state index contributed by atoms with van der Waals surface area (Å²) in [4.78, 5) is 29.5. The Balaban J connectivity index is 1.43. The van der Waals surface area contributed by atoms with Crippen LogP contribution in [0.15, 0.2) is 77.8 Å². The van der Waals surface area contributed by atoms with Crippen LogP contribution >= 0.6 is 23.2 Å². The molecule has 3 aromatic carbocycles. The molecule has 0 radical (unpaired) electrons. The molecule has 1 fully saturated rings. The molecule has 9 heteroatoms. The van der Waals surface area contributed by atoms with E-state index in [0.29, 0.717) is 21.8 Å². The lowest BCUT2D eigenvalue weighted by Gasteiger charge is -2.30. The maximum absolute atomic E-state index is 13.9. The van der Waals surface area contributed by atoms with Gasteiger partial charge in [-0.2, -0.15) is 4.99 Å². The second-order valence-corrected chi connectivity index (χ2v) is 9.46. The topological polar surface area (TPSA) is 82.6 Å². The number of nitrogens with zero attached hydrogens (tertiary/aromatic N) is 1. The van der Waals surface area contributed by atoms with Crippen molar-refractivity contribution in [1.82, 2.24) is 10.6 Å². The molecule has 0 atom stereocenters. The van der Waals surface area contributed by atoms with Crippen LogP contribution in [0.4, 0.5) is 10.1 Å². The Hall–Kier alpha value is -3.42. The molecule has 1 aliphatic rings. The van der Waals surface area contributed by atoms with Crippen LogP contribution in [0, 0.1) is 5.82 Å². The first-order chi connectivity index (χ1) is 17.4. The van der Waals surface area contributed by atoms with Gasteiger partial charge < -0.3 is 16.0 Å². The van der Waals surface area contributed by atoms with Crippen molar-refractivity contribution in [3.05, 3.63) is 99.8 Å². The van der Waals surface area contributed by atoms with Gasteiger partial charge in [-0.05, 0) is 80.3 Å². The molecule has 0 aliphatic heterocycles. The number of carbonyl (C=O) groups excluding carboxylic acids is 2. The van der Waals surface area contributed by atoms with Gasteiger partial charge in [0.2, 0.25) is 5.96 Å². The van der Waals surface area contributed by atoms with Gasteiger partial charge in [0.25, 0.3) is 11.8 Å². The van der Waals surface area contributed by atoms with Crippen LogP contribution in [0.3, 0.4) is 0 Å². The van der Waals surface area contributed by atoms with E-state index < -0.39 is 11.7 Å². The molecule has 1 saturated carbocycles. The SMILES string of the molecule is O=C(/N=C(/Nc1cc(F)cc(Cl)c1)NC1CCC(NC(=O)c2ccccc2)CC1)c1ccc(Cl)cc1. The molecule has 186 valence electrons. The number of hydrogen-bond donors (Lipinski definition) is 3. The summed E-state index contributed by atoms with van der Waals surface area (Å²) in [6, 6.07) is 19.6. The van der Waals surface area contributed by atoms with Gasteiger partial charge in [-0.15, -0.1) is 0 Å². The van der Waals surface area contributed by atoms with Crippen molar-refractivity contribution in [2.45, 2.75) is 37.8 Å². The molecule has 0 spiro atoms. The van der Waals surface area contributed by atoms with Crippen LogP contribution in [0.5, 0.6) is 0 Å². The Kier molecular flexibility index (Phi) is 8.57. The Morgan fingerprint density at radius 3 is 2.06 bits per heavy atom. The van der Waals surface area contributed by atoms with Crippen molar-refractivity contribution in [3.8, 4) is 0 Å². The molecule has 0 heterocycles. The third-order valence-electron chi connectivity index (χ3n) is 5.87. The van der Waals surface area contributed by atoms with Crippen molar-refractivity contribution < 1.29 is 14.0 Å². The zero-order valence-corrected chi connectivity index (χ0v) is 20.8. The van der Waals surface area contributed by atoms with E-state index in [2.05, 4.69) is 20.9 Å². The molecular formula is C27H25Cl2FN4O2. The third-order valence-corrected chi connectivity index (χ3v) is 6.34. The van der Waals surface area contributed by atoms with Crippen LogP contribution in [0.1, 0.15) is 46.4 Å². The van der Waals surface area contributed by atoms with Gasteiger partial charge in [0, 0.05) is 38.9 Å². The number of hydrogen-bond acceptors (Lipinski definition) is 2. The predicted octanol–water partition coefficient (Wildman–Crippen LogP) is 6.07. The van der Waals surface area contributed by atoms with Crippen molar-refractivity contribution in [1.29, 1.82) is 0 Å². The first-order valence-electron chi connectivity index (χ1n) is 11.6. The number of halogens is 3. The van der Waals surface area contributed by atoms with E-state index in [1.807, 2.05) is 18.2 Å². The first-order valence-corrected chi connectivity index (χ1v) is 12.4. The maximum atomic E-state index is 13.9. The molecule has 0 bridgehead atoms. The number of benzene rings is 3. The normalized spacial score (nSPS) is 17.8. The molecule has 36 heavy (non-hydrogen) atoms. The Labute approximate surface area is 218 Å². The highest BCUT2D eigenvalue weighted by Crippen LogP contribution is 2.21. The number of nitrogens with one attached hydrogen (secondary N) is 3. The second kappa shape index (κ2) is 12.0. The quantitative estimate of drug-likeness (QED) is 0.278. The number of rotatable bonds is 5. The molecule has 3 aromatic rings. The van der Waals surface area contributed by atoms with Crippen molar-refractivity contribution in [3.63, 3.8) is 0 Å². The number of anilines is 1. The molecule has 0 unspecified atom stereocenters. The van der Waals surface area contributed by atoms with Crippen molar-refractivity contribution >= 4 is 46.7 Å². The van der Waals surface area contributed by atoms with Crippen LogP contribution in [-0.4, -0.2) is 29.9 Å². The molecule has 1 aliphatic carbocycles. The Morgan fingerprint density at radius 1 is 0.778 bits per heavy atom. The van der Waals surface area contributed by atoms with Crippen LogP contribution in [0.25, 0.3) is 0 Å². The van der Waals surface area contributed by atoms with Gasteiger partial charge in [0.05, 0.1) is 0 Å². The molecule has 6 nitrogen and oxygen atoms in total. The minimum Gasteiger partial charge on any atom is -0.353 e. The lowest BCUT2D eigenvalue weighted by molar-refractivity contribution is 0.0923. The summed E-state index contributed by atoms with van der Waals surface area (Å²) in [5, 5.41) is 10.1. The largest absolute Gasteiger partial charge is 0.353 e. The summed E-state index contributed by atoms with van der Waals surface area (Å²) < 4.78 is 13.9. The highest BCUT2D eigenvalue weighted by molar-refractivity contribution is 6.31. The minimum atomic E-state index is -0.511. The Morgan fingerprint density at radius 2 is 1.42 bits per heavy atom. The van der Waals surface area contributed by atoms with Crippen LogP contribution in [-0.2, 0) is 0 Å². The second-order valence-electron chi connectivity index (χ2n) is 8.59. The van der Waals surface area contributed by atoms with E-state index in [0.717, 1.165) is 25.7 Å². The van der Waals surface area contributed by atoms with Crippen molar-refractivity contribution in [2.24, 2.45) is 4.99 Å². The lowest BCUT2D eigenvalue weighted by atomic mass is 9.91. The highest BCUT2D eigenvalue weighted by Gasteiger charge is 2.24. The van der Waals surface area contributed by atoms with Gasteiger partial charge in [-0.1, -0.05) is 41.4 Å². The number of carbonyl (C=O) groups is 2. The third kappa shape index (κ3) is 7.29. The monoisotopic (exact) mass is 526 g/mol. The maximum Gasteiger partial charge on any atom is 0.280 e. The zero-order chi connectivity index (χ0) is 25.5. The van der Waals surface area contributed by atoms with Crippen molar-refractivity contribution in [2.75, 3.05) is 5.32 Å². The average Bonchev–Trinajstić information content (AvgIpc) is 2.85. The van der Waals surface area contributed by atoms with Gasteiger partial charge >= 0.3 is 0 Å². The smallest absolute Gasteiger partial charge is 0.280 e. The van der Waals surface area contributed by atoms with E-state index in [1.54, 1.807) is 42.5 Å². The summed E-state index contributed by atoms with van der Waals surface area (Å²) in [6.45, 7) is 0. The van der Waals surface area contributed by atoms with E-state index >= 15 is 0 Å². The van der Waals surface area contributed by atoms with Gasteiger partial charge in [-0.3, -0.25) is 9.59 Å². The lowest BCUT2D eigenvalue weighted by Crippen LogP contribution is -2.45. The minimum absolute atomic E-state index is 0.00294. The molecule has 2 amide bonds. The van der Waals surface area contributed by atoms with Gasteiger partial charge in [0.15, 0.2) is 0 Å². The molecule has 4 rings (SSSR count). The van der Waals surface area contributed by atoms with Crippen LogP contribution in [0.2, 0.25) is 10.0 Å².